The monoisotopic (exact) mass is 240 g/mol. The molecule has 0 saturated heterocycles. The van der Waals surface area contributed by atoms with Gasteiger partial charge < -0.3 is 4.74 Å². The van der Waals surface area contributed by atoms with Crippen molar-refractivity contribution in [3.63, 3.8) is 0 Å². The fourth-order valence-electron chi connectivity index (χ4n) is 0.975. The summed E-state index contributed by atoms with van der Waals surface area (Å²) in [4.78, 5) is 11.2. The molecule has 0 saturated carbocycles. The second-order valence-corrected chi connectivity index (χ2v) is 3.20. The number of esters is 1. The number of ether oxygens (including phenoxy) is 1. The van der Waals surface area contributed by atoms with Crippen molar-refractivity contribution in [3.8, 4) is 0 Å². The lowest BCUT2D eigenvalue weighted by Gasteiger charge is -2.04. The highest BCUT2D eigenvalue weighted by atomic mass is 79.9. The van der Waals surface area contributed by atoms with Crippen LogP contribution in [0.25, 0.3) is 6.08 Å². The third kappa shape index (κ3) is 1.98. The van der Waals surface area contributed by atoms with Crippen molar-refractivity contribution in [1.29, 1.82) is 0 Å². The lowest BCUT2D eigenvalue weighted by molar-refractivity contribution is 0.0599. The zero-order valence-electron chi connectivity index (χ0n) is 7.21. The molecular weight excluding hydrogens is 232 g/mol. The van der Waals surface area contributed by atoms with E-state index in [1.807, 2.05) is 6.07 Å². The highest BCUT2D eigenvalue weighted by Crippen LogP contribution is 2.23. The molecule has 0 aliphatic carbocycles. The van der Waals surface area contributed by atoms with Gasteiger partial charge in [-0.15, -0.1) is 0 Å². The number of carbonyl (C=O) groups excluding carboxylic acids is 1. The summed E-state index contributed by atoms with van der Waals surface area (Å²) in [7, 11) is 1.36. The Balaban J connectivity index is 3.23. The Labute approximate surface area is 85.3 Å². The van der Waals surface area contributed by atoms with E-state index in [9.17, 15) is 4.79 Å². The van der Waals surface area contributed by atoms with Crippen LogP contribution < -0.4 is 0 Å². The summed E-state index contributed by atoms with van der Waals surface area (Å²) < 4.78 is 5.33. The molecule has 0 fully saturated rings. The van der Waals surface area contributed by atoms with Crippen LogP contribution >= 0.6 is 15.9 Å². The van der Waals surface area contributed by atoms with Gasteiger partial charge in [0, 0.05) is 4.47 Å². The molecule has 1 rings (SSSR count). The van der Waals surface area contributed by atoms with E-state index in [1.54, 1.807) is 18.2 Å². The van der Waals surface area contributed by atoms with Crippen molar-refractivity contribution < 1.29 is 9.53 Å². The van der Waals surface area contributed by atoms with Gasteiger partial charge >= 0.3 is 5.97 Å². The van der Waals surface area contributed by atoms with Crippen LogP contribution in [-0.2, 0) is 4.74 Å². The zero-order chi connectivity index (χ0) is 9.84. The fraction of sp³-hybridized carbons (Fsp3) is 0.100. The number of rotatable bonds is 2. The zero-order valence-corrected chi connectivity index (χ0v) is 8.80. The molecule has 0 spiro atoms. The second-order valence-electron chi connectivity index (χ2n) is 2.40. The molecular formula is C10H9BrO2. The molecule has 0 unspecified atom stereocenters. The Hall–Kier alpha value is -1.09. The van der Waals surface area contributed by atoms with Crippen molar-refractivity contribution in [3.05, 3.63) is 40.4 Å². The summed E-state index contributed by atoms with van der Waals surface area (Å²) in [5.41, 5.74) is 1.39. The van der Waals surface area contributed by atoms with Crippen LogP contribution in [0.3, 0.4) is 0 Å². The Kier molecular flexibility index (Phi) is 3.25. The second kappa shape index (κ2) is 4.23. The number of halogens is 1. The number of benzene rings is 1. The Bertz CT molecular complexity index is 345. The smallest absolute Gasteiger partial charge is 0.339 e. The number of methoxy groups -OCH3 is 1. The van der Waals surface area contributed by atoms with E-state index in [0.717, 1.165) is 10.0 Å². The Morgan fingerprint density at radius 3 is 2.85 bits per heavy atom. The van der Waals surface area contributed by atoms with E-state index in [1.165, 1.54) is 7.11 Å². The molecule has 0 aliphatic heterocycles. The lowest BCUT2D eigenvalue weighted by atomic mass is 10.1. The van der Waals surface area contributed by atoms with Crippen molar-refractivity contribution in [1.82, 2.24) is 0 Å². The summed E-state index contributed by atoms with van der Waals surface area (Å²) in [5, 5.41) is 0. The van der Waals surface area contributed by atoms with Crippen LogP contribution in [0.2, 0.25) is 0 Å². The minimum absolute atomic E-state index is 0.351. The quantitative estimate of drug-likeness (QED) is 0.744. The summed E-state index contributed by atoms with van der Waals surface area (Å²) in [6.07, 6.45) is 1.68. The third-order valence-electron chi connectivity index (χ3n) is 1.65. The lowest BCUT2D eigenvalue weighted by Crippen LogP contribution is -2.02. The van der Waals surface area contributed by atoms with E-state index >= 15 is 0 Å². The Morgan fingerprint density at radius 1 is 1.62 bits per heavy atom. The van der Waals surface area contributed by atoms with Crippen molar-refractivity contribution >= 4 is 28.0 Å². The van der Waals surface area contributed by atoms with Crippen LogP contribution in [-0.4, -0.2) is 13.1 Å². The molecule has 68 valence electrons. The van der Waals surface area contributed by atoms with Gasteiger partial charge in [0.15, 0.2) is 0 Å². The SMILES string of the molecule is C=Cc1cccc(C(=O)OC)c1Br. The van der Waals surface area contributed by atoms with Crippen LogP contribution in [0.1, 0.15) is 15.9 Å². The summed E-state index contributed by atoms with van der Waals surface area (Å²) >= 11 is 3.31. The van der Waals surface area contributed by atoms with Gasteiger partial charge in [-0.1, -0.05) is 24.8 Å². The van der Waals surface area contributed by atoms with E-state index in [4.69, 9.17) is 0 Å². The third-order valence-corrected chi connectivity index (χ3v) is 2.54. The van der Waals surface area contributed by atoms with Gasteiger partial charge in [0.1, 0.15) is 0 Å². The molecule has 0 atom stereocenters. The molecule has 0 N–H and O–H groups in total. The first-order valence-electron chi connectivity index (χ1n) is 3.70. The topological polar surface area (TPSA) is 26.3 Å². The molecule has 0 aromatic heterocycles. The summed E-state index contributed by atoms with van der Waals surface area (Å²) in [5.74, 6) is -0.351. The molecule has 0 bridgehead atoms. The van der Waals surface area contributed by atoms with Crippen molar-refractivity contribution in [2.45, 2.75) is 0 Å². The number of carbonyl (C=O) groups is 1. The maximum atomic E-state index is 11.2. The Morgan fingerprint density at radius 2 is 2.31 bits per heavy atom. The highest BCUT2D eigenvalue weighted by molar-refractivity contribution is 9.10. The minimum Gasteiger partial charge on any atom is -0.465 e. The van der Waals surface area contributed by atoms with Crippen LogP contribution in [0.5, 0.6) is 0 Å². The molecule has 0 amide bonds. The number of hydrogen-bond acceptors (Lipinski definition) is 2. The molecule has 0 radical (unpaired) electrons. The predicted molar refractivity (Wildman–Crippen MR) is 55.6 cm³/mol. The van der Waals surface area contributed by atoms with E-state index < -0.39 is 0 Å². The molecule has 1 aromatic carbocycles. The summed E-state index contributed by atoms with van der Waals surface area (Å²) in [6.45, 7) is 3.64. The molecule has 13 heavy (non-hydrogen) atoms. The first-order valence-corrected chi connectivity index (χ1v) is 4.49. The van der Waals surface area contributed by atoms with Crippen molar-refractivity contribution in [2.24, 2.45) is 0 Å². The summed E-state index contributed by atoms with van der Waals surface area (Å²) in [6, 6.07) is 5.35. The van der Waals surface area contributed by atoms with E-state index in [0.29, 0.717) is 5.56 Å². The van der Waals surface area contributed by atoms with Crippen molar-refractivity contribution in [2.75, 3.05) is 7.11 Å². The molecule has 0 aliphatic rings. The standard InChI is InChI=1S/C10H9BrO2/c1-3-7-5-4-6-8(9(7)11)10(12)13-2/h3-6H,1H2,2H3. The molecule has 0 heterocycles. The molecule has 2 nitrogen and oxygen atoms in total. The van der Waals surface area contributed by atoms with Gasteiger partial charge in [0.05, 0.1) is 12.7 Å². The van der Waals surface area contributed by atoms with Gasteiger partial charge in [-0.3, -0.25) is 0 Å². The largest absolute Gasteiger partial charge is 0.465 e. The van der Waals surface area contributed by atoms with E-state index in [2.05, 4.69) is 27.2 Å². The van der Waals surface area contributed by atoms with Crippen LogP contribution in [0, 0.1) is 0 Å². The average Bonchev–Trinajstić information content (AvgIpc) is 2.17. The molecule has 1 aromatic rings. The van der Waals surface area contributed by atoms with E-state index in [-0.39, 0.29) is 5.97 Å². The fourth-order valence-corrected chi connectivity index (χ4v) is 1.56. The van der Waals surface area contributed by atoms with Crippen LogP contribution in [0.4, 0.5) is 0 Å². The van der Waals surface area contributed by atoms with Gasteiger partial charge in [0.2, 0.25) is 0 Å². The van der Waals surface area contributed by atoms with Gasteiger partial charge in [-0.25, -0.2) is 4.79 Å². The normalized spacial score (nSPS) is 9.38. The van der Waals surface area contributed by atoms with Crippen LogP contribution in [0.15, 0.2) is 29.3 Å². The maximum Gasteiger partial charge on any atom is 0.339 e. The number of hydrogen-bond donors (Lipinski definition) is 0. The first kappa shape index (κ1) is 9.99. The first-order chi connectivity index (χ1) is 6.20. The minimum atomic E-state index is -0.351. The predicted octanol–water partition coefficient (Wildman–Crippen LogP) is 2.88. The maximum absolute atomic E-state index is 11.2. The highest BCUT2D eigenvalue weighted by Gasteiger charge is 2.10. The van der Waals surface area contributed by atoms with Gasteiger partial charge in [-0.2, -0.15) is 0 Å². The van der Waals surface area contributed by atoms with Gasteiger partial charge in [-0.05, 0) is 27.6 Å². The average molecular weight is 241 g/mol. The van der Waals surface area contributed by atoms with Gasteiger partial charge in [0.25, 0.3) is 0 Å². The molecule has 3 heteroatoms.